The van der Waals surface area contributed by atoms with Gasteiger partial charge in [0, 0.05) is 36.3 Å². The zero-order valence-corrected chi connectivity index (χ0v) is 21.8. The third-order valence-electron chi connectivity index (χ3n) is 7.84. The van der Waals surface area contributed by atoms with Crippen molar-refractivity contribution in [3.8, 4) is 5.75 Å². The fourth-order valence-electron chi connectivity index (χ4n) is 5.65. The molecule has 198 valence electrons. The van der Waals surface area contributed by atoms with E-state index in [-0.39, 0.29) is 35.7 Å². The summed E-state index contributed by atoms with van der Waals surface area (Å²) in [6.07, 6.45) is 5.22. The number of nitrogens with zero attached hydrogens (tertiary/aromatic N) is 1. The lowest BCUT2D eigenvalue weighted by atomic mass is 9.88. The number of fused-ring (bicyclic) bond motifs is 1. The van der Waals surface area contributed by atoms with Crippen LogP contribution in [0, 0.1) is 5.92 Å². The molecule has 5 rings (SSSR count). The number of amides is 3. The quantitative estimate of drug-likeness (QED) is 0.506. The summed E-state index contributed by atoms with van der Waals surface area (Å²) in [5.41, 5.74) is 1.22. The van der Waals surface area contributed by atoms with E-state index < -0.39 is 0 Å². The van der Waals surface area contributed by atoms with Gasteiger partial charge in [-0.1, -0.05) is 43.2 Å². The Labute approximate surface area is 223 Å². The maximum absolute atomic E-state index is 13.3. The summed E-state index contributed by atoms with van der Waals surface area (Å²) in [6, 6.07) is 20.5. The van der Waals surface area contributed by atoms with Gasteiger partial charge in [-0.3, -0.25) is 14.4 Å². The van der Waals surface area contributed by atoms with Gasteiger partial charge in [0.1, 0.15) is 5.75 Å². The van der Waals surface area contributed by atoms with Crippen LogP contribution in [-0.2, 0) is 4.79 Å². The Morgan fingerprint density at radius 3 is 2.21 bits per heavy atom. The van der Waals surface area contributed by atoms with E-state index >= 15 is 0 Å². The van der Waals surface area contributed by atoms with Gasteiger partial charge in [-0.25, -0.2) is 0 Å². The largest absolute Gasteiger partial charge is 0.497 e. The van der Waals surface area contributed by atoms with Crippen LogP contribution in [-0.4, -0.2) is 54.9 Å². The van der Waals surface area contributed by atoms with Gasteiger partial charge in [0.15, 0.2) is 0 Å². The Kier molecular flexibility index (Phi) is 7.91. The lowest BCUT2D eigenvalue weighted by Gasteiger charge is -2.36. The molecule has 0 spiro atoms. The first-order valence-electron chi connectivity index (χ1n) is 13.5. The number of piperidine rings is 1. The van der Waals surface area contributed by atoms with Crippen molar-refractivity contribution >= 4 is 28.5 Å². The van der Waals surface area contributed by atoms with Gasteiger partial charge < -0.3 is 20.3 Å². The molecule has 0 aromatic heterocycles. The lowest BCUT2D eigenvalue weighted by molar-refractivity contribution is -0.127. The molecule has 2 aliphatic rings. The molecular weight excluding hydrogens is 478 g/mol. The van der Waals surface area contributed by atoms with Crippen molar-refractivity contribution in [2.75, 3.05) is 20.2 Å². The van der Waals surface area contributed by atoms with E-state index in [0.717, 1.165) is 49.3 Å². The zero-order valence-electron chi connectivity index (χ0n) is 21.8. The van der Waals surface area contributed by atoms with Gasteiger partial charge in [-0.15, -0.1) is 0 Å². The molecule has 1 unspecified atom stereocenters. The van der Waals surface area contributed by atoms with E-state index in [2.05, 4.69) is 10.6 Å². The van der Waals surface area contributed by atoms with Crippen molar-refractivity contribution in [1.82, 2.24) is 15.5 Å². The molecule has 1 heterocycles. The molecule has 7 nitrogen and oxygen atoms in total. The highest BCUT2D eigenvalue weighted by Gasteiger charge is 2.33. The molecule has 2 fully saturated rings. The van der Waals surface area contributed by atoms with Crippen molar-refractivity contribution in [2.45, 2.75) is 50.6 Å². The molecule has 38 heavy (non-hydrogen) atoms. The van der Waals surface area contributed by atoms with Crippen LogP contribution < -0.4 is 15.4 Å². The highest BCUT2D eigenvalue weighted by atomic mass is 16.5. The van der Waals surface area contributed by atoms with E-state index in [4.69, 9.17) is 4.74 Å². The zero-order chi connectivity index (χ0) is 26.5. The Hall–Kier alpha value is -3.87. The summed E-state index contributed by atoms with van der Waals surface area (Å²) in [5, 5.41) is 8.49. The summed E-state index contributed by atoms with van der Waals surface area (Å²) < 4.78 is 5.18. The number of nitrogens with one attached hydrogen (secondary N) is 2. The van der Waals surface area contributed by atoms with Gasteiger partial charge in [0.25, 0.3) is 11.8 Å². The van der Waals surface area contributed by atoms with Crippen molar-refractivity contribution in [2.24, 2.45) is 5.92 Å². The molecule has 0 bridgehead atoms. The Morgan fingerprint density at radius 1 is 0.789 bits per heavy atom. The molecule has 1 aliphatic heterocycles. The van der Waals surface area contributed by atoms with Crippen LogP contribution in [0.1, 0.15) is 59.2 Å². The average Bonchev–Trinajstić information content (AvgIpc) is 2.97. The molecule has 3 aromatic carbocycles. The molecule has 3 aromatic rings. The van der Waals surface area contributed by atoms with Crippen LogP contribution in [0.5, 0.6) is 5.75 Å². The first-order valence-corrected chi connectivity index (χ1v) is 13.5. The topological polar surface area (TPSA) is 87.7 Å². The first-order chi connectivity index (χ1) is 18.5. The van der Waals surface area contributed by atoms with Crippen LogP contribution in [0.25, 0.3) is 10.8 Å². The van der Waals surface area contributed by atoms with E-state index in [1.165, 1.54) is 0 Å². The van der Waals surface area contributed by atoms with Crippen molar-refractivity contribution in [3.05, 3.63) is 77.9 Å². The Bertz CT molecular complexity index is 1310. The molecular formula is C31H35N3O4. The monoisotopic (exact) mass is 513 g/mol. The number of methoxy groups -OCH3 is 1. The second-order valence-corrected chi connectivity index (χ2v) is 10.4. The molecule has 1 saturated carbocycles. The van der Waals surface area contributed by atoms with E-state index in [9.17, 15) is 14.4 Å². The lowest BCUT2D eigenvalue weighted by Crippen LogP contribution is -2.55. The van der Waals surface area contributed by atoms with Gasteiger partial charge in [-0.2, -0.15) is 0 Å². The highest BCUT2D eigenvalue weighted by Crippen LogP contribution is 2.24. The third kappa shape index (κ3) is 5.82. The summed E-state index contributed by atoms with van der Waals surface area (Å²) in [4.78, 5) is 41.3. The summed E-state index contributed by atoms with van der Waals surface area (Å²) >= 11 is 0. The summed E-state index contributed by atoms with van der Waals surface area (Å²) in [5.74, 6) is 0.230. The normalized spacial score (nSPS) is 21.5. The van der Waals surface area contributed by atoms with Gasteiger partial charge >= 0.3 is 0 Å². The number of hydrogen-bond donors (Lipinski definition) is 2. The Balaban J connectivity index is 1.20. The minimum Gasteiger partial charge on any atom is -0.497 e. The number of rotatable bonds is 6. The highest BCUT2D eigenvalue weighted by molar-refractivity contribution is 5.99. The number of likely N-dealkylation sites (tertiary alicyclic amines) is 1. The minimum atomic E-state index is -0.256. The smallest absolute Gasteiger partial charge is 0.253 e. The number of carbonyl (C=O) groups excluding carboxylic acids is 3. The molecule has 2 N–H and O–H groups in total. The van der Waals surface area contributed by atoms with Crippen LogP contribution in [0.3, 0.4) is 0 Å². The predicted octanol–water partition coefficient (Wildman–Crippen LogP) is 4.56. The van der Waals surface area contributed by atoms with Crippen molar-refractivity contribution in [1.29, 1.82) is 0 Å². The maximum atomic E-state index is 13.3. The van der Waals surface area contributed by atoms with Crippen molar-refractivity contribution in [3.63, 3.8) is 0 Å². The summed E-state index contributed by atoms with van der Waals surface area (Å²) in [7, 11) is 1.59. The van der Waals surface area contributed by atoms with Crippen LogP contribution >= 0.6 is 0 Å². The van der Waals surface area contributed by atoms with Crippen molar-refractivity contribution < 1.29 is 19.1 Å². The second kappa shape index (κ2) is 11.7. The fourth-order valence-corrected chi connectivity index (χ4v) is 5.65. The van der Waals surface area contributed by atoms with Gasteiger partial charge in [0.2, 0.25) is 5.91 Å². The molecule has 3 amide bonds. The van der Waals surface area contributed by atoms with Crippen LogP contribution in [0.2, 0.25) is 0 Å². The van der Waals surface area contributed by atoms with Gasteiger partial charge in [-0.05, 0) is 72.9 Å². The van der Waals surface area contributed by atoms with E-state index in [1.54, 1.807) is 31.4 Å². The summed E-state index contributed by atoms with van der Waals surface area (Å²) in [6.45, 7) is 1.06. The second-order valence-electron chi connectivity index (χ2n) is 10.4. The Morgan fingerprint density at radius 2 is 1.47 bits per heavy atom. The van der Waals surface area contributed by atoms with Crippen LogP contribution in [0.4, 0.5) is 0 Å². The standard InChI is InChI=1S/C31H35N3O4/c1-38-26-16-14-22(15-17-26)29(35)32-27-10-4-5-11-28(27)33-30(36)25-9-6-18-34(20-25)31(37)24-13-12-21-7-2-3-8-23(21)19-24/h2-3,7-8,12-17,19,25,27-28H,4-6,9-11,18,20H2,1H3,(H,32,35)(H,33,36)/t25?,27-,28-/m1/s1. The van der Waals surface area contributed by atoms with Gasteiger partial charge in [0.05, 0.1) is 13.0 Å². The first kappa shape index (κ1) is 25.8. The molecule has 3 atom stereocenters. The van der Waals surface area contributed by atoms with E-state index in [1.807, 2.05) is 47.4 Å². The fraction of sp³-hybridized carbons (Fsp3) is 0.387. The molecule has 1 aliphatic carbocycles. The number of ether oxygens (including phenoxy) is 1. The number of hydrogen-bond acceptors (Lipinski definition) is 4. The van der Waals surface area contributed by atoms with E-state index in [0.29, 0.717) is 30.0 Å². The third-order valence-corrected chi connectivity index (χ3v) is 7.84. The number of carbonyl (C=O) groups is 3. The molecule has 7 heteroatoms. The maximum Gasteiger partial charge on any atom is 0.253 e. The molecule has 0 radical (unpaired) electrons. The minimum absolute atomic E-state index is 0.0309. The van der Waals surface area contributed by atoms with Crippen LogP contribution in [0.15, 0.2) is 66.7 Å². The number of benzene rings is 3. The SMILES string of the molecule is COc1ccc(C(=O)N[C@@H]2CCCC[C@H]2NC(=O)C2CCCN(C(=O)c3ccc4ccccc4c3)C2)cc1. The predicted molar refractivity (Wildman–Crippen MR) is 147 cm³/mol. The molecule has 1 saturated heterocycles. The average molecular weight is 514 g/mol.